The Balaban J connectivity index is 1.57. The van der Waals surface area contributed by atoms with Gasteiger partial charge in [-0.05, 0) is 48.4 Å². The van der Waals surface area contributed by atoms with Crippen molar-refractivity contribution in [2.45, 2.75) is 31.4 Å². The largest absolute Gasteiger partial charge is 0.416 e. The van der Waals surface area contributed by atoms with Crippen LogP contribution in [0.1, 0.15) is 40.5 Å². The van der Waals surface area contributed by atoms with E-state index < -0.39 is 23.0 Å². The maximum Gasteiger partial charge on any atom is 0.416 e. The lowest BCUT2D eigenvalue weighted by Crippen LogP contribution is -2.23. The van der Waals surface area contributed by atoms with E-state index in [1.165, 1.54) is 29.8 Å². The summed E-state index contributed by atoms with van der Waals surface area (Å²) in [4.78, 5) is 32.5. The molecule has 1 aliphatic carbocycles. The number of nitrogens with zero attached hydrogens (tertiary/aromatic N) is 3. The number of H-pyrrole nitrogens is 2. The lowest BCUT2D eigenvalue weighted by atomic mass is 9.99. The van der Waals surface area contributed by atoms with Crippen LogP contribution in [-0.4, -0.2) is 24.6 Å². The molecule has 0 bridgehead atoms. The predicted octanol–water partition coefficient (Wildman–Crippen LogP) is 3.37. The van der Waals surface area contributed by atoms with E-state index in [0.29, 0.717) is 23.3 Å². The number of hydrogen-bond acceptors (Lipinski definition) is 4. The SMILES string of the molecule is Cc1ccc([C@H]2C[C@@H]2c2cc(-c3c[nH]c(=O)[nH]c3=O)nn3ccnc23)cc1C(F)(F)F. The van der Waals surface area contributed by atoms with Crippen molar-refractivity contribution in [1.29, 1.82) is 0 Å². The Kier molecular flexibility index (Phi) is 4.14. The average Bonchev–Trinajstić information content (AvgIpc) is 3.35. The second kappa shape index (κ2) is 6.66. The number of alkyl halides is 3. The molecule has 7 nitrogen and oxygen atoms in total. The summed E-state index contributed by atoms with van der Waals surface area (Å²) in [7, 11) is 0. The fourth-order valence-corrected chi connectivity index (χ4v) is 4.03. The summed E-state index contributed by atoms with van der Waals surface area (Å²) in [6.45, 7) is 1.45. The van der Waals surface area contributed by atoms with Crippen LogP contribution in [0, 0.1) is 6.92 Å². The Morgan fingerprint density at radius 2 is 1.97 bits per heavy atom. The van der Waals surface area contributed by atoms with Crippen molar-refractivity contribution in [3.8, 4) is 11.3 Å². The van der Waals surface area contributed by atoms with Gasteiger partial charge in [-0.25, -0.2) is 14.3 Å². The van der Waals surface area contributed by atoms with Gasteiger partial charge in [0.2, 0.25) is 0 Å². The van der Waals surface area contributed by atoms with Crippen LogP contribution in [0.3, 0.4) is 0 Å². The van der Waals surface area contributed by atoms with E-state index in [1.807, 2.05) is 0 Å². The molecule has 1 aromatic carbocycles. The van der Waals surface area contributed by atoms with Gasteiger partial charge in [-0.15, -0.1) is 0 Å². The molecule has 0 amide bonds. The Bertz CT molecular complexity index is 1430. The molecule has 4 aromatic rings. The van der Waals surface area contributed by atoms with Crippen molar-refractivity contribution in [2.24, 2.45) is 0 Å². The topological polar surface area (TPSA) is 95.9 Å². The highest BCUT2D eigenvalue weighted by molar-refractivity contribution is 5.63. The number of halogens is 3. The molecular weight excluding hydrogens is 411 g/mol. The number of rotatable bonds is 3. The monoisotopic (exact) mass is 427 g/mol. The minimum absolute atomic E-state index is 0.0581. The molecule has 0 aliphatic heterocycles. The fraction of sp³-hybridized carbons (Fsp3) is 0.238. The Hall–Kier alpha value is -3.69. The first-order valence-electron chi connectivity index (χ1n) is 9.57. The van der Waals surface area contributed by atoms with Crippen LogP contribution in [0.4, 0.5) is 13.2 Å². The Morgan fingerprint density at radius 1 is 1.16 bits per heavy atom. The molecule has 2 N–H and O–H groups in total. The molecule has 1 saturated carbocycles. The van der Waals surface area contributed by atoms with Crippen LogP contribution in [-0.2, 0) is 6.18 Å². The second-order valence-corrected chi connectivity index (χ2v) is 7.69. The highest BCUT2D eigenvalue weighted by Gasteiger charge is 2.43. The Morgan fingerprint density at radius 3 is 2.71 bits per heavy atom. The van der Waals surface area contributed by atoms with Gasteiger partial charge in [0.05, 0.1) is 16.8 Å². The molecule has 0 saturated heterocycles. The van der Waals surface area contributed by atoms with E-state index in [2.05, 4.69) is 20.1 Å². The van der Waals surface area contributed by atoms with Crippen molar-refractivity contribution in [2.75, 3.05) is 0 Å². The number of nitrogens with one attached hydrogen (secondary N) is 2. The van der Waals surface area contributed by atoms with E-state index in [-0.39, 0.29) is 23.0 Å². The number of aromatic nitrogens is 5. The van der Waals surface area contributed by atoms with Crippen molar-refractivity contribution in [3.63, 3.8) is 0 Å². The molecule has 0 spiro atoms. The van der Waals surface area contributed by atoms with Crippen LogP contribution in [0.2, 0.25) is 0 Å². The van der Waals surface area contributed by atoms with Crippen LogP contribution in [0.15, 0.2) is 52.4 Å². The van der Waals surface area contributed by atoms with E-state index in [9.17, 15) is 22.8 Å². The molecule has 158 valence electrons. The first-order valence-corrected chi connectivity index (χ1v) is 9.57. The number of aromatic amines is 2. The number of fused-ring (bicyclic) bond motifs is 1. The van der Waals surface area contributed by atoms with Crippen molar-refractivity contribution in [3.05, 3.63) is 85.9 Å². The zero-order valence-corrected chi connectivity index (χ0v) is 16.2. The van der Waals surface area contributed by atoms with Gasteiger partial charge in [0.25, 0.3) is 5.56 Å². The summed E-state index contributed by atoms with van der Waals surface area (Å²) in [5, 5.41) is 4.39. The minimum Gasteiger partial charge on any atom is -0.313 e. The van der Waals surface area contributed by atoms with Gasteiger partial charge in [-0.3, -0.25) is 9.78 Å². The summed E-state index contributed by atoms with van der Waals surface area (Å²) >= 11 is 0. The number of aryl methyl sites for hydroxylation is 1. The molecule has 1 aliphatic rings. The predicted molar refractivity (Wildman–Crippen MR) is 106 cm³/mol. The quantitative estimate of drug-likeness (QED) is 0.524. The minimum atomic E-state index is -4.41. The van der Waals surface area contributed by atoms with E-state index in [4.69, 9.17) is 0 Å². The molecule has 2 atom stereocenters. The first-order chi connectivity index (χ1) is 14.7. The highest BCUT2D eigenvalue weighted by Crippen LogP contribution is 2.56. The molecule has 31 heavy (non-hydrogen) atoms. The van der Waals surface area contributed by atoms with E-state index >= 15 is 0 Å². The molecule has 0 radical (unpaired) electrons. The van der Waals surface area contributed by atoms with Crippen LogP contribution in [0.25, 0.3) is 16.9 Å². The van der Waals surface area contributed by atoms with Gasteiger partial charge in [0.15, 0.2) is 5.65 Å². The van der Waals surface area contributed by atoms with Crippen molar-refractivity contribution in [1.82, 2.24) is 24.6 Å². The van der Waals surface area contributed by atoms with Crippen LogP contribution in [0.5, 0.6) is 0 Å². The summed E-state index contributed by atoms with van der Waals surface area (Å²) in [5.74, 6) is -0.149. The van der Waals surface area contributed by atoms with Crippen LogP contribution >= 0.6 is 0 Å². The maximum absolute atomic E-state index is 13.3. The summed E-state index contributed by atoms with van der Waals surface area (Å²) in [6, 6.07) is 6.16. The Labute approximate surface area is 172 Å². The maximum atomic E-state index is 13.3. The van der Waals surface area contributed by atoms with Gasteiger partial charge < -0.3 is 4.98 Å². The summed E-state index contributed by atoms with van der Waals surface area (Å²) < 4.78 is 41.5. The van der Waals surface area contributed by atoms with Gasteiger partial charge >= 0.3 is 11.9 Å². The number of hydrogen-bond donors (Lipinski definition) is 2. The average molecular weight is 427 g/mol. The molecule has 1 fully saturated rings. The van der Waals surface area contributed by atoms with Gasteiger partial charge in [0.1, 0.15) is 0 Å². The zero-order valence-electron chi connectivity index (χ0n) is 16.2. The van der Waals surface area contributed by atoms with E-state index in [1.54, 1.807) is 24.5 Å². The molecule has 5 rings (SSSR count). The van der Waals surface area contributed by atoms with Gasteiger partial charge in [-0.1, -0.05) is 12.1 Å². The van der Waals surface area contributed by atoms with Crippen molar-refractivity contribution >= 4 is 5.65 Å². The number of imidazole rings is 1. The standard InChI is InChI=1S/C21H16F3N5O2/c1-10-2-3-11(6-16(10)21(22,23)24)12-7-13(12)14-8-17(28-29-5-4-25-18(14)29)15-9-26-20(31)27-19(15)30/h2-6,8-9,12-13H,7H2,1H3,(H2,26,27,30,31)/t12-,13+/m1/s1. The number of benzene rings is 1. The molecule has 3 heterocycles. The van der Waals surface area contributed by atoms with Gasteiger partial charge in [-0.2, -0.15) is 18.3 Å². The lowest BCUT2D eigenvalue weighted by Gasteiger charge is -2.12. The van der Waals surface area contributed by atoms with E-state index in [0.717, 1.165) is 5.56 Å². The van der Waals surface area contributed by atoms with Gasteiger partial charge in [0, 0.05) is 24.2 Å². The third-order valence-corrected chi connectivity index (χ3v) is 5.67. The third-order valence-electron chi connectivity index (χ3n) is 5.67. The molecule has 0 unspecified atom stereocenters. The molecule has 10 heteroatoms. The van der Waals surface area contributed by atoms with Crippen LogP contribution < -0.4 is 11.2 Å². The summed E-state index contributed by atoms with van der Waals surface area (Å²) in [6.07, 6.45) is 0.741. The smallest absolute Gasteiger partial charge is 0.313 e. The molecular formula is C21H16F3N5O2. The zero-order chi connectivity index (χ0) is 21.9. The fourth-order valence-electron chi connectivity index (χ4n) is 4.03. The lowest BCUT2D eigenvalue weighted by molar-refractivity contribution is -0.138. The normalized spacial score (nSPS) is 18.5. The van der Waals surface area contributed by atoms with Crippen molar-refractivity contribution < 1.29 is 13.2 Å². The molecule has 3 aromatic heterocycles. The second-order valence-electron chi connectivity index (χ2n) is 7.69. The summed E-state index contributed by atoms with van der Waals surface area (Å²) in [5.41, 5.74) is 0.867. The first kappa shape index (κ1) is 19.3. The third kappa shape index (κ3) is 3.33. The highest BCUT2D eigenvalue weighted by atomic mass is 19.4.